The minimum Gasteiger partial charge on any atom is -0.354 e. The van der Waals surface area contributed by atoms with Gasteiger partial charge in [0.25, 0.3) is 0 Å². The highest BCUT2D eigenvalue weighted by Crippen LogP contribution is 2.41. The molecule has 4 heterocycles. The largest absolute Gasteiger partial charge is 0.354 e. The van der Waals surface area contributed by atoms with E-state index < -0.39 is 0 Å². The van der Waals surface area contributed by atoms with Crippen molar-refractivity contribution in [3.8, 4) is 0 Å². The molecule has 2 amide bonds. The van der Waals surface area contributed by atoms with Crippen molar-refractivity contribution in [1.82, 2.24) is 20.1 Å². The van der Waals surface area contributed by atoms with Crippen molar-refractivity contribution in [3.63, 3.8) is 0 Å². The van der Waals surface area contributed by atoms with Crippen molar-refractivity contribution < 1.29 is 9.59 Å². The van der Waals surface area contributed by atoms with Crippen LogP contribution in [0.2, 0.25) is 0 Å². The van der Waals surface area contributed by atoms with Gasteiger partial charge < -0.3 is 10.2 Å². The van der Waals surface area contributed by atoms with Crippen LogP contribution >= 0.6 is 11.3 Å². The molecule has 27 heavy (non-hydrogen) atoms. The van der Waals surface area contributed by atoms with E-state index in [0.29, 0.717) is 43.2 Å². The molecule has 1 aromatic rings. The van der Waals surface area contributed by atoms with E-state index in [2.05, 4.69) is 20.1 Å². The lowest BCUT2D eigenvalue weighted by atomic mass is 9.72. The van der Waals surface area contributed by atoms with E-state index in [-0.39, 0.29) is 11.9 Å². The van der Waals surface area contributed by atoms with Gasteiger partial charge in [0, 0.05) is 50.1 Å². The quantitative estimate of drug-likeness (QED) is 0.809. The van der Waals surface area contributed by atoms with Gasteiger partial charge in [-0.05, 0) is 37.5 Å². The van der Waals surface area contributed by atoms with Crippen molar-refractivity contribution in [2.24, 2.45) is 11.8 Å². The second kappa shape index (κ2) is 8.27. The monoisotopic (exact) mass is 390 g/mol. The fourth-order valence-electron chi connectivity index (χ4n) is 5.32. The summed E-state index contributed by atoms with van der Waals surface area (Å²) in [5.41, 5.74) is 0. The lowest BCUT2D eigenvalue weighted by Crippen LogP contribution is -2.67. The summed E-state index contributed by atoms with van der Waals surface area (Å²) in [7, 11) is 0. The van der Waals surface area contributed by atoms with Crippen molar-refractivity contribution in [3.05, 3.63) is 16.6 Å². The van der Waals surface area contributed by atoms with E-state index in [1.54, 1.807) is 11.3 Å². The Morgan fingerprint density at radius 1 is 1.37 bits per heavy atom. The molecule has 1 aromatic heterocycles. The van der Waals surface area contributed by atoms with Gasteiger partial charge in [-0.2, -0.15) is 0 Å². The zero-order valence-electron chi connectivity index (χ0n) is 16.1. The Balaban J connectivity index is 1.50. The molecule has 0 unspecified atom stereocenters. The van der Waals surface area contributed by atoms with Gasteiger partial charge in [0.2, 0.25) is 11.8 Å². The van der Waals surface area contributed by atoms with E-state index in [9.17, 15) is 9.59 Å². The molecule has 3 saturated heterocycles. The maximum Gasteiger partial charge on any atom is 0.223 e. The minimum absolute atomic E-state index is 0.107. The van der Waals surface area contributed by atoms with Crippen LogP contribution in [0.5, 0.6) is 0 Å². The second-order valence-corrected chi connectivity index (χ2v) is 9.24. The molecule has 0 saturated carbocycles. The molecule has 0 aliphatic carbocycles. The lowest BCUT2D eigenvalue weighted by molar-refractivity contribution is -0.153. The Labute approximate surface area is 165 Å². The molecule has 0 aromatic carbocycles. The number of fused-ring (bicyclic) bond motifs is 4. The first kappa shape index (κ1) is 18.9. The molecule has 4 atom stereocenters. The van der Waals surface area contributed by atoms with E-state index >= 15 is 0 Å². The van der Waals surface area contributed by atoms with E-state index in [4.69, 9.17) is 0 Å². The van der Waals surface area contributed by atoms with Gasteiger partial charge in [0.15, 0.2) is 0 Å². The fourth-order valence-corrected chi connectivity index (χ4v) is 5.98. The molecule has 3 fully saturated rings. The Morgan fingerprint density at radius 2 is 2.22 bits per heavy atom. The van der Waals surface area contributed by atoms with Gasteiger partial charge in [-0.25, -0.2) is 4.98 Å². The summed E-state index contributed by atoms with van der Waals surface area (Å²) in [6.45, 7) is 5.57. The predicted molar refractivity (Wildman–Crippen MR) is 105 cm³/mol. The molecule has 7 heteroatoms. The first-order valence-electron chi connectivity index (χ1n) is 10.3. The molecule has 6 nitrogen and oxygen atoms in total. The summed E-state index contributed by atoms with van der Waals surface area (Å²) in [6, 6.07) is 0.480. The van der Waals surface area contributed by atoms with Crippen LogP contribution in [0.3, 0.4) is 0 Å². The highest BCUT2D eigenvalue weighted by Gasteiger charge is 2.49. The normalized spacial score (nSPS) is 30.9. The van der Waals surface area contributed by atoms with Gasteiger partial charge >= 0.3 is 0 Å². The number of piperidine rings is 3. The third kappa shape index (κ3) is 4.04. The van der Waals surface area contributed by atoms with Gasteiger partial charge in [-0.3, -0.25) is 14.5 Å². The van der Waals surface area contributed by atoms with E-state index in [1.807, 2.05) is 18.5 Å². The topological polar surface area (TPSA) is 65.5 Å². The molecule has 0 radical (unpaired) electrons. The van der Waals surface area contributed by atoms with Gasteiger partial charge in [0.05, 0.1) is 12.6 Å². The maximum atomic E-state index is 12.8. The number of carbonyl (C=O) groups is 2. The third-order valence-corrected chi connectivity index (χ3v) is 7.16. The van der Waals surface area contributed by atoms with Crippen molar-refractivity contribution >= 4 is 23.2 Å². The second-order valence-electron chi connectivity index (χ2n) is 8.26. The number of nitrogens with one attached hydrogen (secondary N) is 1. The smallest absolute Gasteiger partial charge is 0.223 e. The van der Waals surface area contributed by atoms with E-state index in [1.165, 1.54) is 11.4 Å². The number of hydrogen-bond acceptors (Lipinski definition) is 5. The van der Waals surface area contributed by atoms with Crippen LogP contribution in [-0.2, 0) is 16.1 Å². The number of nitrogens with zero attached hydrogens (tertiary/aromatic N) is 3. The number of rotatable bonds is 6. The molecule has 1 N–H and O–H groups in total. The molecule has 4 rings (SSSR count). The Kier molecular flexibility index (Phi) is 5.78. The standard InChI is InChI=1S/C20H30N4O2S/c1-2-4-18(25)22-10-17-15-9-14(16-5-3-6-20(26)24(16)17)11-23(12-15)13-19-21-7-8-27-19/h7-8,14-17H,2-6,9-13H2,1H3,(H,22,25)/t14-,15+,16+,17+/m1/s1. The van der Waals surface area contributed by atoms with Crippen LogP contribution < -0.4 is 5.32 Å². The Morgan fingerprint density at radius 3 is 3.00 bits per heavy atom. The van der Waals surface area contributed by atoms with Crippen LogP contribution in [-0.4, -0.2) is 58.3 Å². The van der Waals surface area contributed by atoms with Crippen molar-refractivity contribution in [2.45, 2.75) is 64.1 Å². The molecular weight excluding hydrogens is 360 g/mol. The highest BCUT2D eigenvalue weighted by atomic mass is 32.1. The Bertz CT molecular complexity index is 665. The summed E-state index contributed by atoms with van der Waals surface area (Å²) in [4.78, 5) is 34.0. The summed E-state index contributed by atoms with van der Waals surface area (Å²) < 4.78 is 0. The summed E-state index contributed by atoms with van der Waals surface area (Å²) in [6.07, 6.45) is 7.24. The number of aromatic nitrogens is 1. The van der Waals surface area contributed by atoms with Gasteiger partial charge in [-0.15, -0.1) is 11.3 Å². The van der Waals surface area contributed by atoms with Crippen LogP contribution in [0.25, 0.3) is 0 Å². The molecular formula is C20H30N4O2S. The van der Waals surface area contributed by atoms with E-state index in [0.717, 1.165) is 38.9 Å². The number of amides is 2. The molecule has 3 aliphatic heterocycles. The minimum atomic E-state index is 0.107. The molecule has 3 aliphatic rings. The SMILES string of the molecule is CCCC(=O)NC[C@H]1[C@H]2C[C@H](CN(Cc3nccs3)C2)[C@@H]2CCCC(=O)N21. The van der Waals surface area contributed by atoms with Crippen molar-refractivity contribution in [2.75, 3.05) is 19.6 Å². The first-order valence-corrected chi connectivity index (χ1v) is 11.2. The molecule has 0 spiro atoms. The number of hydrogen-bond donors (Lipinski definition) is 1. The number of thiazole rings is 1. The summed E-state index contributed by atoms with van der Waals surface area (Å²) >= 11 is 1.71. The Hall–Kier alpha value is -1.47. The first-order chi connectivity index (χ1) is 13.2. The highest BCUT2D eigenvalue weighted by molar-refractivity contribution is 7.09. The van der Waals surface area contributed by atoms with Crippen LogP contribution in [0.15, 0.2) is 11.6 Å². The zero-order chi connectivity index (χ0) is 18.8. The lowest BCUT2D eigenvalue weighted by Gasteiger charge is -2.56. The maximum absolute atomic E-state index is 12.8. The number of carbonyl (C=O) groups excluding carboxylic acids is 2. The number of likely N-dealkylation sites (tertiary alicyclic amines) is 1. The average molecular weight is 391 g/mol. The fraction of sp³-hybridized carbons (Fsp3) is 0.750. The van der Waals surface area contributed by atoms with Crippen LogP contribution in [0.1, 0.15) is 50.5 Å². The third-order valence-electron chi connectivity index (χ3n) is 6.40. The van der Waals surface area contributed by atoms with Crippen LogP contribution in [0.4, 0.5) is 0 Å². The predicted octanol–water partition coefficient (Wildman–Crippen LogP) is 2.26. The van der Waals surface area contributed by atoms with Crippen molar-refractivity contribution in [1.29, 1.82) is 0 Å². The van der Waals surface area contributed by atoms with Gasteiger partial charge in [0.1, 0.15) is 5.01 Å². The zero-order valence-corrected chi connectivity index (χ0v) is 16.9. The summed E-state index contributed by atoms with van der Waals surface area (Å²) in [5.74, 6) is 1.39. The molecule has 2 bridgehead atoms. The summed E-state index contributed by atoms with van der Waals surface area (Å²) in [5, 5.41) is 6.31. The molecule has 148 valence electrons. The van der Waals surface area contributed by atoms with Gasteiger partial charge in [-0.1, -0.05) is 6.92 Å². The van der Waals surface area contributed by atoms with Crippen LogP contribution in [0, 0.1) is 11.8 Å². The average Bonchev–Trinajstić information content (AvgIpc) is 3.15.